The number of rotatable bonds is 1. The fourth-order valence-electron chi connectivity index (χ4n) is 2.66. The van der Waals surface area contributed by atoms with Crippen LogP contribution in [0.3, 0.4) is 0 Å². The monoisotopic (exact) mass is 315 g/mol. The smallest absolute Gasteiger partial charge is 0.326 e. The van der Waals surface area contributed by atoms with Crippen molar-refractivity contribution >= 4 is 29.2 Å². The normalized spacial score (nSPS) is 17.8. The van der Waals surface area contributed by atoms with E-state index >= 15 is 0 Å². The fourth-order valence-corrected chi connectivity index (χ4v) is 2.84. The van der Waals surface area contributed by atoms with Gasteiger partial charge in [-0.25, -0.2) is 9.69 Å². The van der Waals surface area contributed by atoms with Crippen LogP contribution in [0.15, 0.2) is 48.5 Å². The molecule has 1 aliphatic rings. The molecule has 22 heavy (non-hydrogen) atoms. The van der Waals surface area contributed by atoms with E-state index < -0.39 is 11.9 Å². The lowest BCUT2D eigenvalue weighted by Crippen LogP contribution is -2.43. The summed E-state index contributed by atoms with van der Waals surface area (Å²) in [6.07, 6.45) is 0. The number of anilines is 1. The topological polar surface area (TPSA) is 75.4 Å². The summed E-state index contributed by atoms with van der Waals surface area (Å²) in [5, 5.41) is 3.69. The molecule has 0 bridgehead atoms. The molecule has 1 aliphatic heterocycles. The third-order valence-electron chi connectivity index (χ3n) is 3.60. The third-order valence-corrected chi connectivity index (χ3v) is 3.84. The summed E-state index contributed by atoms with van der Waals surface area (Å²) >= 11 is 6.10. The number of hydrogen-bond acceptors (Lipinski definition) is 3. The van der Waals surface area contributed by atoms with Gasteiger partial charge in [-0.3, -0.25) is 10.1 Å². The zero-order valence-corrected chi connectivity index (χ0v) is 12.4. The quantitative estimate of drug-likeness (QED) is 0.848. The lowest BCUT2D eigenvalue weighted by molar-refractivity contribution is -0.117. The van der Waals surface area contributed by atoms with Crippen LogP contribution in [0, 0.1) is 0 Å². The molecule has 112 valence electrons. The molecule has 0 aromatic heterocycles. The number of nitrogens with zero attached hydrogens (tertiary/aromatic N) is 1. The van der Waals surface area contributed by atoms with E-state index in [1.807, 2.05) is 30.3 Å². The van der Waals surface area contributed by atoms with Crippen molar-refractivity contribution in [2.45, 2.75) is 6.04 Å². The second kappa shape index (κ2) is 5.79. The zero-order valence-electron chi connectivity index (χ0n) is 11.6. The van der Waals surface area contributed by atoms with E-state index in [9.17, 15) is 9.59 Å². The van der Waals surface area contributed by atoms with Gasteiger partial charge in [0.05, 0.1) is 18.3 Å². The summed E-state index contributed by atoms with van der Waals surface area (Å²) in [7, 11) is 0. The second-order valence-corrected chi connectivity index (χ2v) is 5.43. The molecule has 0 saturated heterocycles. The zero-order chi connectivity index (χ0) is 15.7. The first-order chi connectivity index (χ1) is 10.6. The van der Waals surface area contributed by atoms with Crippen molar-refractivity contribution in [2.24, 2.45) is 5.73 Å². The van der Waals surface area contributed by atoms with E-state index in [1.54, 1.807) is 18.2 Å². The molecule has 0 fully saturated rings. The highest BCUT2D eigenvalue weighted by atomic mass is 35.5. The first kappa shape index (κ1) is 14.6. The largest absolute Gasteiger partial charge is 0.351 e. The van der Waals surface area contributed by atoms with E-state index in [1.165, 1.54) is 0 Å². The van der Waals surface area contributed by atoms with Crippen LogP contribution in [0.2, 0.25) is 5.02 Å². The SMILES string of the molecule is NC(=O)N1C(=O)CNC(c2ccccc2)c2cc(Cl)ccc21. The van der Waals surface area contributed by atoms with Gasteiger partial charge in [0.25, 0.3) is 0 Å². The Morgan fingerprint density at radius 2 is 1.95 bits per heavy atom. The van der Waals surface area contributed by atoms with Crippen LogP contribution in [0.4, 0.5) is 10.5 Å². The van der Waals surface area contributed by atoms with Crippen molar-refractivity contribution < 1.29 is 9.59 Å². The van der Waals surface area contributed by atoms with Crippen molar-refractivity contribution in [3.63, 3.8) is 0 Å². The van der Waals surface area contributed by atoms with Crippen LogP contribution in [-0.4, -0.2) is 18.5 Å². The number of nitrogens with two attached hydrogens (primary N) is 1. The summed E-state index contributed by atoms with van der Waals surface area (Å²) in [4.78, 5) is 24.9. The van der Waals surface area contributed by atoms with Crippen molar-refractivity contribution in [1.82, 2.24) is 5.32 Å². The molecule has 3 amide bonds. The van der Waals surface area contributed by atoms with E-state index in [-0.39, 0.29) is 12.6 Å². The Bertz CT molecular complexity index is 733. The highest BCUT2D eigenvalue weighted by molar-refractivity contribution is 6.31. The van der Waals surface area contributed by atoms with Crippen LogP contribution in [0.1, 0.15) is 17.2 Å². The van der Waals surface area contributed by atoms with Crippen molar-refractivity contribution in [1.29, 1.82) is 0 Å². The molecule has 6 heteroatoms. The van der Waals surface area contributed by atoms with Crippen LogP contribution in [0.5, 0.6) is 0 Å². The number of hydrogen-bond donors (Lipinski definition) is 2. The number of fused-ring (bicyclic) bond motifs is 1. The number of carbonyl (C=O) groups is 2. The minimum atomic E-state index is -0.802. The molecule has 5 nitrogen and oxygen atoms in total. The van der Waals surface area contributed by atoms with Gasteiger partial charge in [-0.05, 0) is 29.3 Å². The predicted octanol–water partition coefficient (Wildman–Crippen LogP) is 2.44. The number of urea groups is 1. The number of amides is 3. The third kappa shape index (κ3) is 2.56. The molecule has 3 N–H and O–H groups in total. The fraction of sp³-hybridized carbons (Fsp3) is 0.125. The molecule has 3 rings (SSSR count). The van der Waals surface area contributed by atoms with Gasteiger partial charge in [0, 0.05) is 5.02 Å². The first-order valence-electron chi connectivity index (χ1n) is 6.78. The van der Waals surface area contributed by atoms with Crippen LogP contribution >= 0.6 is 11.6 Å². The van der Waals surface area contributed by atoms with Crippen molar-refractivity contribution in [2.75, 3.05) is 11.4 Å². The lowest BCUT2D eigenvalue weighted by Gasteiger charge is -2.21. The average Bonchev–Trinajstić information content (AvgIpc) is 2.64. The van der Waals surface area contributed by atoms with Gasteiger partial charge in [0.2, 0.25) is 5.91 Å². The second-order valence-electron chi connectivity index (χ2n) is 5.00. The Balaban J connectivity index is 2.19. The Labute approximate surface area is 132 Å². The first-order valence-corrected chi connectivity index (χ1v) is 7.16. The summed E-state index contributed by atoms with van der Waals surface area (Å²) in [6, 6.07) is 13.6. The average molecular weight is 316 g/mol. The molecule has 0 saturated carbocycles. The maximum atomic E-state index is 12.2. The summed E-state index contributed by atoms with van der Waals surface area (Å²) in [5.74, 6) is -0.394. The highest BCUT2D eigenvalue weighted by Crippen LogP contribution is 2.34. The highest BCUT2D eigenvalue weighted by Gasteiger charge is 2.31. The molecule has 0 radical (unpaired) electrons. The number of carbonyl (C=O) groups excluding carboxylic acids is 2. The molecule has 1 heterocycles. The van der Waals surface area contributed by atoms with Crippen molar-refractivity contribution in [3.05, 3.63) is 64.7 Å². The Kier molecular flexibility index (Phi) is 3.83. The maximum absolute atomic E-state index is 12.2. The number of benzene rings is 2. The molecular formula is C16H14ClN3O2. The van der Waals surface area contributed by atoms with Crippen LogP contribution < -0.4 is 16.0 Å². The number of halogens is 1. The molecule has 1 unspecified atom stereocenters. The molecule has 0 spiro atoms. The molecule has 2 aromatic rings. The van der Waals surface area contributed by atoms with E-state index in [4.69, 9.17) is 17.3 Å². The van der Waals surface area contributed by atoms with Gasteiger partial charge in [0.1, 0.15) is 0 Å². The predicted molar refractivity (Wildman–Crippen MR) is 84.8 cm³/mol. The van der Waals surface area contributed by atoms with Crippen LogP contribution in [0.25, 0.3) is 0 Å². The minimum Gasteiger partial charge on any atom is -0.351 e. The minimum absolute atomic E-state index is 0.00873. The molecule has 2 aromatic carbocycles. The number of primary amides is 1. The number of nitrogens with one attached hydrogen (secondary N) is 1. The van der Waals surface area contributed by atoms with Gasteiger partial charge < -0.3 is 5.73 Å². The van der Waals surface area contributed by atoms with Crippen LogP contribution in [-0.2, 0) is 4.79 Å². The Morgan fingerprint density at radius 1 is 1.23 bits per heavy atom. The maximum Gasteiger partial charge on any atom is 0.326 e. The van der Waals surface area contributed by atoms with E-state index in [2.05, 4.69) is 5.32 Å². The summed E-state index contributed by atoms with van der Waals surface area (Å²) < 4.78 is 0. The van der Waals surface area contributed by atoms with Gasteiger partial charge in [-0.2, -0.15) is 0 Å². The van der Waals surface area contributed by atoms with Crippen molar-refractivity contribution in [3.8, 4) is 0 Å². The van der Waals surface area contributed by atoms with E-state index in [0.29, 0.717) is 10.7 Å². The molecule has 1 atom stereocenters. The standard InChI is InChI=1S/C16H14ClN3O2/c17-11-6-7-13-12(8-11)15(10-4-2-1-3-5-10)19-9-14(21)20(13)16(18)22/h1-8,15,19H,9H2,(H2,18,22). The summed E-state index contributed by atoms with van der Waals surface area (Å²) in [6.45, 7) is 0.00873. The lowest BCUT2D eigenvalue weighted by atomic mass is 9.97. The molecule has 0 aliphatic carbocycles. The number of imide groups is 1. The Hall–Kier alpha value is -2.37. The van der Waals surface area contributed by atoms with E-state index in [0.717, 1.165) is 16.0 Å². The van der Waals surface area contributed by atoms with Gasteiger partial charge in [0.15, 0.2) is 0 Å². The Morgan fingerprint density at radius 3 is 2.64 bits per heavy atom. The molecular weight excluding hydrogens is 302 g/mol. The van der Waals surface area contributed by atoms with Gasteiger partial charge >= 0.3 is 6.03 Å². The van der Waals surface area contributed by atoms with Gasteiger partial charge in [-0.1, -0.05) is 41.9 Å². The van der Waals surface area contributed by atoms with Gasteiger partial charge in [-0.15, -0.1) is 0 Å². The summed E-state index contributed by atoms with van der Waals surface area (Å²) in [5.41, 5.74) is 7.54.